The van der Waals surface area contributed by atoms with Crippen LogP contribution in [0, 0.1) is 46.2 Å². The Morgan fingerprint density at radius 1 is 1.11 bits per heavy atom. The average molecular weight is 510 g/mol. The van der Waals surface area contributed by atoms with Gasteiger partial charge >= 0.3 is 5.97 Å². The van der Waals surface area contributed by atoms with E-state index in [2.05, 4.69) is 32.2 Å². The van der Waals surface area contributed by atoms with Gasteiger partial charge in [-0.3, -0.25) is 9.59 Å². The van der Waals surface area contributed by atoms with Crippen molar-refractivity contribution in [3.8, 4) is 0 Å². The van der Waals surface area contributed by atoms with Crippen molar-refractivity contribution in [2.24, 2.45) is 40.4 Å². The second-order valence-corrected chi connectivity index (χ2v) is 13.0. The molecule has 3 saturated carbocycles. The number of hydrogen-bond acceptors (Lipinski definition) is 3. The van der Waals surface area contributed by atoms with Crippen molar-refractivity contribution in [1.29, 1.82) is 0 Å². The van der Waals surface area contributed by atoms with Gasteiger partial charge < -0.3 is 10.1 Å². The van der Waals surface area contributed by atoms with Crippen LogP contribution in [0.4, 0.5) is 10.1 Å². The summed E-state index contributed by atoms with van der Waals surface area (Å²) in [6.07, 6.45) is 13.1. The van der Waals surface area contributed by atoms with E-state index < -0.39 is 0 Å². The maximum atomic E-state index is 13.9. The second-order valence-electron chi connectivity index (χ2n) is 13.0. The number of anilines is 1. The van der Waals surface area contributed by atoms with Crippen LogP contribution >= 0.6 is 0 Å². The topological polar surface area (TPSA) is 55.4 Å². The summed E-state index contributed by atoms with van der Waals surface area (Å²) < 4.78 is 19.5. The molecule has 8 atom stereocenters. The first kappa shape index (κ1) is 26.4. The van der Waals surface area contributed by atoms with Gasteiger partial charge in [-0.05, 0) is 104 Å². The number of nitrogens with one attached hydrogen (secondary N) is 1. The molecular weight excluding hydrogens is 465 g/mol. The third-order valence-electron chi connectivity index (χ3n) is 11.1. The molecule has 0 aliphatic heterocycles. The van der Waals surface area contributed by atoms with Crippen LogP contribution in [0.5, 0.6) is 0 Å². The van der Waals surface area contributed by atoms with Gasteiger partial charge in [-0.2, -0.15) is 0 Å². The fraction of sp³-hybridized carbons (Fsp3) is 0.688. The van der Waals surface area contributed by atoms with E-state index in [1.165, 1.54) is 38.7 Å². The van der Waals surface area contributed by atoms with Crippen molar-refractivity contribution in [2.45, 2.75) is 98.0 Å². The number of carbonyl (C=O) groups is 2. The Morgan fingerprint density at radius 3 is 2.65 bits per heavy atom. The van der Waals surface area contributed by atoms with E-state index in [9.17, 15) is 14.0 Å². The molecule has 1 N–H and O–H groups in total. The molecule has 5 heteroatoms. The standard InChI is InChI=1S/C32H44FNO3/c1-20(9-14-30(36)34-29-8-6-5-7-28(29)33)25-12-13-26-24-11-10-22-19-23(37-21(2)35)15-17-31(22,3)27(24)16-18-32(25,26)4/h5-8,10,20,23-27H,9,11-19H2,1-4H3,(H,34,36)/t20-,23+,24+,25-,26+,27+,31+,32-/m1/s1. The lowest BCUT2D eigenvalue weighted by Crippen LogP contribution is -2.51. The lowest BCUT2D eigenvalue weighted by atomic mass is 9.47. The summed E-state index contributed by atoms with van der Waals surface area (Å²) in [5.74, 6) is 2.68. The van der Waals surface area contributed by atoms with E-state index in [0.717, 1.165) is 49.9 Å². The van der Waals surface area contributed by atoms with Crippen molar-refractivity contribution in [1.82, 2.24) is 0 Å². The van der Waals surface area contributed by atoms with Crippen LogP contribution in [0.25, 0.3) is 0 Å². The van der Waals surface area contributed by atoms with E-state index in [0.29, 0.717) is 23.7 Å². The van der Waals surface area contributed by atoms with Crippen molar-refractivity contribution >= 4 is 17.6 Å². The maximum absolute atomic E-state index is 13.9. The molecule has 37 heavy (non-hydrogen) atoms. The number of hydrogen-bond donors (Lipinski definition) is 1. The van der Waals surface area contributed by atoms with Crippen LogP contribution in [-0.4, -0.2) is 18.0 Å². The van der Waals surface area contributed by atoms with Gasteiger partial charge in [0.2, 0.25) is 5.91 Å². The van der Waals surface area contributed by atoms with Gasteiger partial charge in [0.05, 0.1) is 5.69 Å². The normalized spacial score (nSPS) is 37.4. The minimum Gasteiger partial charge on any atom is -0.462 e. The predicted octanol–water partition coefficient (Wildman–Crippen LogP) is 7.69. The summed E-state index contributed by atoms with van der Waals surface area (Å²) in [6, 6.07) is 6.37. The van der Waals surface area contributed by atoms with Crippen LogP contribution in [0.15, 0.2) is 35.9 Å². The highest BCUT2D eigenvalue weighted by molar-refractivity contribution is 5.90. The number of benzene rings is 1. The summed E-state index contributed by atoms with van der Waals surface area (Å²) in [7, 11) is 0. The molecule has 0 bridgehead atoms. The first-order chi connectivity index (χ1) is 17.6. The van der Waals surface area contributed by atoms with Crippen molar-refractivity contribution in [3.63, 3.8) is 0 Å². The Balaban J connectivity index is 1.22. The summed E-state index contributed by atoms with van der Waals surface area (Å²) in [6.45, 7) is 8.89. The second kappa shape index (κ2) is 10.2. The summed E-state index contributed by atoms with van der Waals surface area (Å²) in [5.41, 5.74) is 2.39. The van der Waals surface area contributed by atoms with Crippen molar-refractivity contribution < 1.29 is 18.7 Å². The number of fused-ring (bicyclic) bond motifs is 5. The number of esters is 1. The van der Waals surface area contributed by atoms with Crippen molar-refractivity contribution in [3.05, 3.63) is 41.7 Å². The fourth-order valence-corrected chi connectivity index (χ4v) is 9.27. The molecule has 4 aliphatic rings. The van der Waals surface area contributed by atoms with Crippen LogP contribution in [0.1, 0.15) is 91.9 Å². The Morgan fingerprint density at radius 2 is 1.89 bits per heavy atom. The first-order valence-electron chi connectivity index (χ1n) is 14.5. The van der Waals surface area contributed by atoms with Gasteiger partial charge in [0.15, 0.2) is 0 Å². The molecule has 1 aromatic carbocycles. The number of allylic oxidation sites excluding steroid dienone is 1. The van der Waals surface area contributed by atoms with Crippen molar-refractivity contribution in [2.75, 3.05) is 5.32 Å². The number of carbonyl (C=O) groups excluding carboxylic acids is 2. The molecule has 0 aromatic heterocycles. The molecule has 3 fully saturated rings. The Hall–Kier alpha value is -2.17. The smallest absolute Gasteiger partial charge is 0.302 e. The van der Waals surface area contributed by atoms with Gasteiger partial charge in [-0.1, -0.05) is 44.6 Å². The summed E-state index contributed by atoms with van der Waals surface area (Å²) in [5, 5.41) is 2.76. The monoisotopic (exact) mass is 509 g/mol. The number of halogens is 1. The SMILES string of the molecule is CC(=O)O[C@H]1CC[C@@]2(C)C(=CC[C@H]3[C@@H]4CC[C@H]([C@H](C)CCC(=O)Nc5ccccc5F)[C@@]4(C)CC[C@@H]32)C1. The molecule has 0 heterocycles. The molecule has 1 aromatic rings. The number of ether oxygens (including phenoxy) is 1. The van der Waals surface area contributed by atoms with E-state index in [1.54, 1.807) is 23.8 Å². The van der Waals surface area contributed by atoms with Crippen LogP contribution in [-0.2, 0) is 14.3 Å². The Bertz CT molecular complexity index is 1070. The molecule has 0 spiro atoms. The molecule has 0 radical (unpaired) electrons. The minimum atomic E-state index is -0.384. The summed E-state index contributed by atoms with van der Waals surface area (Å²) in [4.78, 5) is 24.1. The predicted molar refractivity (Wildman–Crippen MR) is 144 cm³/mol. The van der Waals surface area contributed by atoms with Gasteiger partial charge in [-0.15, -0.1) is 0 Å². The zero-order valence-electron chi connectivity index (χ0n) is 23.0. The minimum absolute atomic E-state index is 0.0505. The van der Waals surface area contributed by atoms with E-state index >= 15 is 0 Å². The van der Waals surface area contributed by atoms with Crippen LogP contribution in [0.2, 0.25) is 0 Å². The number of para-hydroxylation sites is 1. The Kier molecular flexibility index (Phi) is 7.28. The summed E-state index contributed by atoms with van der Waals surface area (Å²) >= 11 is 0. The Labute approximate surface area is 221 Å². The largest absolute Gasteiger partial charge is 0.462 e. The third kappa shape index (κ3) is 4.88. The molecule has 1 amide bonds. The number of amides is 1. The first-order valence-corrected chi connectivity index (χ1v) is 14.5. The molecular formula is C32H44FNO3. The van der Waals surface area contributed by atoms with Gasteiger partial charge in [0, 0.05) is 19.8 Å². The maximum Gasteiger partial charge on any atom is 0.302 e. The lowest BCUT2D eigenvalue weighted by Gasteiger charge is -2.58. The average Bonchev–Trinajstić information content (AvgIpc) is 3.21. The molecule has 4 aliphatic carbocycles. The quantitative estimate of drug-likeness (QED) is 0.316. The van der Waals surface area contributed by atoms with Gasteiger partial charge in [-0.25, -0.2) is 4.39 Å². The molecule has 202 valence electrons. The molecule has 5 rings (SSSR count). The van der Waals surface area contributed by atoms with E-state index in [-0.39, 0.29) is 34.9 Å². The van der Waals surface area contributed by atoms with Crippen LogP contribution in [0.3, 0.4) is 0 Å². The zero-order valence-corrected chi connectivity index (χ0v) is 23.0. The number of rotatable bonds is 6. The molecule has 4 nitrogen and oxygen atoms in total. The van der Waals surface area contributed by atoms with E-state index in [1.807, 2.05) is 0 Å². The third-order valence-corrected chi connectivity index (χ3v) is 11.1. The lowest BCUT2D eigenvalue weighted by molar-refractivity contribution is -0.148. The van der Waals surface area contributed by atoms with Gasteiger partial charge in [0.1, 0.15) is 11.9 Å². The van der Waals surface area contributed by atoms with Gasteiger partial charge in [0.25, 0.3) is 0 Å². The van der Waals surface area contributed by atoms with E-state index in [4.69, 9.17) is 4.74 Å². The fourth-order valence-electron chi connectivity index (χ4n) is 9.27. The molecule has 0 unspecified atom stereocenters. The molecule has 0 saturated heterocycles. The zero-order chi connectivity index (χ0) is 26.4. The highest BCUT2D eigenvalue weighted by Gasteiger charge is 2.59. The highest BCUT2D eigenvalue weighted by Crippen LogP contribution is 2.67. The highest BCUT2D eigenvalue weighted by atomic mass is 19.1. The van der Waals surface area contributed by atoms with Crippen LogP contribution < -0.4 is 5.32 Å².